The summed E-state index contributed by atoms with van der Waals surface area (Å²) < 4.78 is 0. The lowest BCUT2D eigenvalue weighted by atomic mass is 9.78. The molecule has 1 aliphatic rings. The molecule has 0 saturated heterocycles. The second-order valence-corrected chi connectivity index (χ2v) is 5.45. The molecule has 3 nitrogen and oxygen atoms in total. The second kappa shape index (κ2) is 8.48. The fraction of sp³-hybridized carbons (Fsp3) is 1.00. The molecule has 100 valence electrons. The molecule has 0 N–H and O–H groups in total. The largest absolute Gasteiger partial charge is 0.264 e. The molecule has 0 aromatic rings. The molecule has 1 unspecified atom stereocenters. The quantitative estimate of drug-likeness (QED) is 0.319. The van der Waals surface area contributed by atoms with Gasteiger partial charge in [0.05, 0.1) is 0 Å². The Balaban J connectivity index is 2.01. The van der Waals surface area contributed by atoms with E-state index in [1.54, 1.807) is 0 Å². The van der Waals surface area contributed by atoms with E-state index >= 15 is 0 Å². The molecule has 3 heteroatoms. The molecule has 0 aliphatic heterocycles. The van der Waals surface area contributed by atoms with Crippen LogP contribution >= 0.6 is 0 Å². The van der Waals surface area contributed by atoms with Gasteiger partial charge in [-0.05, 0) is 19.3 Å². The minimum atomic E-state index is -0.237. The van der Waals surface area contributed by atoms with Crippen molar-refractivity contribution in [3.8, 4) is 0 Å². The Kier molecular flexibility index (Phi) is 7.22. The predicted molar refractivity (Wildman–Crippen MR) is 70.7 cm³/mol. The lowest BCUT2D eigenvalue weighted by molar-refractivity contribution is -0.536. The van der Waals surface area contributed by atoms with Gasteiger partial charge in [-0.15, -0.1) is 0 Å². The van der Waals surface area contributed by atoms with Crippen LogP contribution in [0.3, 0.4) is 0 Å². The van der Waals surface area contributed by atoms with Gasteiger partial charge in [0.25, 0.3) is 0 Å². The molecule has 0 radical (unpaired) electrons. The topological polar surface area (TPSA) is 43.1 Å². The van der Waals surface area contributed by atoms with Gasteiger partial charge in [-0.25, -0.2) is 0 Å². The zero-order chi connectivity index (χ0) is 12.5. The SMILES string of the molecule is CCCCCCCCCC(C1CCC1)[N+](=O)[O-]. The van der Waals surface area contributed by atoms with E-state index < -0.39 is 0 Å². The third kappa shape index (κ3) is 5.51. The number of rotatable bonds is 10. The highest BCUT2D eigenvalue weighted by atomic mass is 16.6. The van der Waals surface area contributed by atoms with Crippen molar-refractivity contribution in [3.63, 3.8) is 0 Å². The Morgan fingerprint density at radius 1 is 1.12 bits per heavy atom. The number of unbranched alkanes of at least 4 members (excludes halogenated alkanes) is 6. The fourth-order valence-electron chi connectivity index (χ4n) is 2.65. The van der Waals surface area contributed by atoms with Crippen molar-refractivity contribution in [1.82, 2.24) is 0 Å². The van der Waals surface area contributed by atoms with Crippen LogP contribution in [0.5, 0.6) is 0 Å². The second-order valence-electron chi connectivity index (χ2n) is 5.45. The highest BCUT2D eigenvalue weighted by Gasteiger charge is 2.34. The van der Waals surface area contributed by atoms with E-state index in [0.717, 1.165) is 25.7 Å². The van der Waals surface area contributed by atoms with Crippen molar-refractivity contribution in [2.45, 2.75) is 83.6 Å². The summed E-state index contributed by atoms with van der Waals surface area (Å²) in [5, 5.41) is 10.9. The first kappa shape index (κ1) is 14.5. The molecule has 1 aliphatic carbocycles. The van der Waals surface area contributed by atoms with Gasteiger partial charge < -0.3 is 0 Å². The van der Waals surface area contributed by atoms with Crippen LogP contribution in [0.1, 0.15) is 77.6 Å². The standard InChI is InChI=1S/C14H27NO2/c1-2-3-4-5-6-7-8-12-14(15(16)17)13-10-9-11-13/h13-14H,2-12H2,1H3. The van der Waals surface area contributed by atoms with Crippen LogP contribution in [0.15, 0.2) is 0 Å². The maximum Gasteiger partial charge on any atom is 0.215 e. The molecule has 1 saturated carbocycles. The molecule has 0 spiro atoms. The number of hydrogen-bond donors (Lipinski definition) is 0. The normalized spacial score (nSPS) is 17.7. The van der Waals surface area contributed by atoms with Crippen LogP contribution in [0.25, 0.3) is 0 Å². The fourth-order valence-corrected chi connectivity index (χ4v) is 2.65. The Morgan fingerprint density at radius 3 is 2.18 bits per heavy atom. The maximum absolute atomic E-state index is 10.9. The van der Waals surface area contributed by atoms with Crippen LogP contribution in [-0.2, 0) is 0 Å². The molecule has 17 heavy (non-hydrogen) atoms. The first-order valence-corrected chi connectivity index (χ1v) is 7.39. The molecule has 0 bridgehead atoms. The average Bonchev–Trinajstić information content (AvgIpc) is 2.23. The Hall–Kier alpha value is -0.600. The molecule has 0 heterocycles. The van der Waals surface area contributed by atoms with E-state index in [2.05, 4.69) is 6.92 Å². The molecule has 0 aromatic heterocycles. The van der Waals surface area contributed by atoms with Crippen LogP contribution in [0.2, 0.25) is 0 Å². The highest BCUT2D eigenvalue weighted by molar-refractivity contribution is 4.77. The third-order valence-electron chi connectivity index (χ3n) is 4.07. The van der Waals surface area contributed by atoms with Crippen molar-refractivity contribution in [3.05, 3.63) is 10.1 Å². The van der Waals surface area contributed by atoms with Crippen LogP contribution in [-0.4, -0.2) is 11.0 Å². The van der Waals surface area contributed by atoms with Gasteiger partial charge in [-0.1, -0.05) is 51.9 Å². The van der Waals surface area contributed by atoms with E-state index in [4.69, 9.17) is 0 Å². The predicted octanol–water partition coefficient (Wildman–Crippen LogP) is 4.57. The summed E-state index contributed by atoms with van der Waals surface area (Å²) in [7, 11) is 0. The van der Waals surface area contributed by atoms with Crippen LogP contribution in [0, 0.1) is 16.0 Å². The van der Waals surface area contributed by atoms with Gasteiger partial charge in [-0.3, -0.25) is 10.1 Å². The number of nitrogens with zero attached hydrogens (tertiary/aromatic N) is 1. The van der Waals surface area contributed by atoms with E-state index in [0.29, 0.717) is 5.92 Å². The summed E-state index contributed by atoms with van der Waals surface area (Å²) in [5.41, 5.74) is 0. The van der Waals surface area contributed by atoms with Gasteiger partial charge in [0, 0.05) is 17.3 Å². The van der Waals surface area contributed by atoms with E-state index in [1.807, 2.05) is 0 Å². The Bertz CT molecular complexity index is 214. The summed E-state index contributed by atoms with van der Waals surface area (Å²) in [6.45, 7) is 2.22. The van der Waals surface area contributed by atoms with Gasteiger partial charge >= 0.3 is 0 Å². The van der Waals surface area contributed by atoms with Gasteiger partial charge in [0.1, 0.15) is 0 Å². The van der Waals surface area contributed by atoms with Crippen molar-refractivity contribution in [1.29, 1.82) is 0 Å². The summed E-state index contributed by atoms with van der Waals surface area (Å²) in [4.78, 5) is 10.9. The van der Waals surface area contributed by atoms with Gasteiger partial charge in [0.15, 0.2) is 0 Å². The Morgan fingerprint density at radius 2 is 1.71 bits per heavy atom. The van der Waals surface area contributed by atoms with E-state index in [9.17, 15) is 10.1 Å². The van der Waals surface area contributed by atoms with Gasteiger partial charge in [0.2, 0.25) is 6.04 Å². The summed E-state index contributed by atoms with van der Waals surface area (Å²) in [6.07, 6.45) is 12.9. The molecular weight excluding hydrogens is 214 g/mol. The molecule has 1 rings (SSSR count). The van der Waals surface area contributed by atoms with E-state index in [1.165, 1.54) is 44.9 Å². The van der Waals surface area contributed by atoms with Crippen LogP contribution in [0.4, 0.5) is 0 Å². The summed E-state index contributed by atoms with van der Waals surface area (Å²) >= 11 is 0. The summed E-state index contributed by atoms with van der Waals surface area (Å²) in [6, 6.07) is -0.237. The lowest BCUT2D eigenvalue weighted by Crippen LogP contribution is -2.33. The highest BCUT2D eigenvalue weighted by Crippen LogP contribution is 2.33. The molecule has 1 atom stereocenters. The van der Waals surface area contributed by atoms with Crippen molar-refractivity contribution in [2.75, 3.05) is 0 Å². The summed E-state index contributed by atoms with van der Waals surface area (Å²) in [5.74, 6) is 0.394. The Labute approximate surface area is 105 Å². The molecule has 0 aromatic carbocycles. The third-order valence-corrected chi connectivity index (χ3v) is 4.07. The van der Waals surface area contributed by atoms with Crippen molar-refractivity contribution >= 4 is 0 Å². The van der Waals surface area contributed by atoms with Crippen molar-refractivity contribution in [2.24, 2.45) is 5.92 Å². The lowest BCUT2D eigenvalue weighted by Gasteiger charge is -2.27. The monoisotopic (exact) mass is 241 g/mol. The zero-order valence-electron chi connectivity index (χ0n) is 11.2. The minimum absolute atomic E-state index is 0.0269. The molecular formula is C14H27NO2. The first-order chi connectivity index (χ1) is 8.25. The first-order valence-electron chi connectivity index (χ1n) is 7.39. The zero-order valence-corrected chi connectivity index (χ0v) is 11.2. The van der Waals surface area contributed by atoms with E-state index in [-0.39, 0.29) is 11.0 Å². The molecule has 0 amide bonds. The van der Waals surface area contributed by atoms with Crippen molar-refractivity contribution < 1.29 is 4.92 Å². The number of hydrogen-bond acceptors (Lipinski definition) is 2. The minimum Gasteiger partial charge on any atom is -0.264 e. The smallest absolute Gasteiger partial charge is 0.215 e. The maximum atomic E-state index is 10.9. The van der Waals surface area contributed by atoms with Gasteiger partial charge in [-0.2, -0.15) is 0 Å². The number of nitro groups is 1. The molecule has 1 fully saturated rings. The average molecular weight is 241 g/mol. The van der Waals surface area contributed by atoms with Crippen LogP contribution < -0.4 is 0 Å².